The zero-order valence-electron chi connectivity index (χ0n) is 10.0. The van der Waals surface area contributed by atoms with Gasteiger partial charge < -0.3 is 5.32 Å². The molecule has 0 saturated heterocycles. The standard InChI is InChI=1S/C11H16ClN5/c1-3-5-8(4-2)15-10-6-9(12)16-11-13-7-14-17(10)11/h6-8,15H,3-5H2,1-2H3. The third kappa shape index (κ3) is 2.66. The normalized spacial score (nSPS) is 12.9. The van der Waals surface area contributed by atoms with Crippen LogP contribution in [0.5, 0.6) is 0 Å². The van der Waals surface area contributed by atoms with E-state index in [-0.39, 0.29) is 0 Å². The number of hydrogen-bond acceptors (Lipinski definition) is 4. The van der Waals surface area contributed by atoms with Gasteiger partial charge in [0.1, 0.15) is 17.3 Å². The summed E-state index contributed by atoms with van der Waals surface area (Å²) in [5.41, 5.74) is 0. The molecule has 0 spiro atoms. The van der Waals surface area contributed by atoms with E-state index in [0.717, 1.165) is 25.1 Å². The maximum atomic E-state index is 5.95. The maximum absolute atomic E-state index is 5.95. The predicted molar refractivity (Wildman–Crippen MR) is 68.4 cm³/mol. The second-order valence-corrected chi connectivity index (χ2v) is 4.36. The van der Waals surface area contributed by atoms with Crippen LogP contribution >= 0.6 is 11.6 Å². The number of halogens is 1. The highest BCUT2D eigenvalue weighted by molar-refractivity contribution is 6.29. The van der Waals surface area contributed by atoms with Crippen LogP contribution in [-0.4, -0.2) is 25.6 Å². The third-order valence-corrected chi connectivity index (χ3v) is 2.90. The van der Waals surface area contributed by atoms with Gasteiger partial charge in [-0.15, -0.1) is 0 Å². The Labute approximate surface area is 105 Å². The number of nitrogens with one attached hydrogen (secondary N) is 1. The van der Waals surface area contributed by atoms with Gasteiger partial charge in [-0.2, -0.15) is 19.6 Å². The summed E-state index contributed by atoms with van der Waals surface area (Å²) in [7, 11) is 0. The molecule has 1 atom stereocenters. The van der Waals surface area contributed by atoms with Crippen LogP contribution in [0.15, 0.2) is 12.4 Å². The molecule has 0 fully saturated rings. The first-order valence-electron chi connectivity index (χ1n) is 5.87. The molecule has 5 nitrogen and oxygen atoms in total. The highest BCUT2D eigenvalue weighted by atomic mass is 35.5. The van der Waals surface area contributed by atoms with E-state index in [1.165, 1.54) is 6.33 Å². The Morgan fingerprint density at radius 2 is 2.29 bits per heavy atom. The summed E-state index contributed by atoms with van der Waals surface area (Å²) in [4.78, 5) is 8.13. The van der Waals surface area contributed by atoms with Crippen LogP contribution in [0, 0.1) is 0 Å². The van der Waals surface area contributed by atoms with Crippen LogP contribution in [0.3, 0.4) is 0 Å². The van der Waals surface area contributed by atoms with Crippen LogP contribution in [0.1, 0.15) is 33.1 Å². The average molecular weight is 254 g/mol. The molecule has 17 heavy (non-hydrogen) atoms. The van der Waals surface area contributed by atoms with Gasteiger partial charge in [-0.25, -0.2) is 0 Å². The van der Waals surface area contributed by atoms with Crippen LogP contribution in [-0.2, 0) is 0 Å². The van der Waals surface area contributed by atoms with Gasteiger partial charge >= 0.3 is 0 Å². The SMILES string of the molecule is CCCC(CC)Nc1cc(Cl)nc2ncnn12. The van der Waals surface area contributed by atoms with Gasteiger partial charge in [-0.3, -0.25) is 0 Å². The van der Waals surface area contributed by atoms with Crippen molar-refractivity contribution >= 4 is 23.2 Å². The van der Waals surface area contributed by atoms with Crippen LogP contribution in [0.4, 0.5) is 5.82 Å². The molecule has 0 amide bonds. The van der Waals surface area contributed by atoms with E-state index in [2.05, 4.69) is 34.2 Å². The van der Waals surface area contributed by atoms with Gasteiger partial charge in [0.15, 0.2) is 0 Å². The molecule has 2 rings (SSSR count). The van der Waals surface area contributed by atoms with Crippen molar-refractivity contribution < 1.29 is 0 Å². The lowest BCUT2D eigenvalue weighted by atomic mass is 10.1. The molecule has 0 aromatic carbocycles. The Morgan fingerprint density at radius 3 is 3.00 bits per heavy atom. The van der Waals surface area contributed by atoms with E-state index in [1.54, 1.807) is 10.6 Å². The lowest BCUT2D eigenvalue weighted by Crippen LogP contribution is -2.20. The second-order valence-electron chi connectivity index (χ2n) is 3.97. The molecule has 1 unspecified atom stereocenters. The minimum absolute atomic E-state index is 0.422. The fourth-order valence-electron chi connectivity index (χ4n) is 1.82. The van der Waals surface area contributed by atoms with Gasteiger partial charge in [0.05, 0.1) is 0 Å². The highest BCUT2D eigenvalue weighted by Crippen LogP contribution is 2.17. The van der Waals surface area contributed by atoms with E-state index in [1.807, 2.05) is 0 Å². The van der Waals surface area contributed by atoms with E-state index in [9.17, 15) is 0 Å². The first kappa shape index (κ1) is 12.1. The van der Waals surface area contributed by atoms with Gasteiger partial charge in [-0.05, 0) is 12.8 Å². The Bertz CT molecular complexity index is 496. The second kappa shape index (κ2) is 5.31. The Hall–Kier alpha value is -1.36. The summed E-state index contributed by atoms with van der Waals surface area (Å²) in [6.07, 6.45) is 4.80. The minimum Gasteiger partial charge on any atom is -0.367 e. The molecule has 1 N–H and O–H groups in total. The van der Waals surface area contributed by atoms with Crippen molar-refractivity contribution in [3.63, 3.8) is 0 Å². The highest BCUT2D eigenvalue weighted by Gasteiger charge is 2.10. The lowest BCUT2D eigenvalue weighted by Gasteiger charge is -2.17. The number of hydrogen-bond donors (Lipinski definition) is 1. The van der Waals surface area contributed by atoms with Gasteiger partial charge in [-0.1, -0.05) is 31.9 Å². The lowest BCUT2D eigenvalue weighted by molar-refractivity contribution is 0.617. The van der Waals surface area contributed by atoms with E-state index < -0.39 is 0 Å². The minimum atomic E-state index is 0.422. The molecule has 2 aromatic heterocycles. The van der Waals surface area contributed by atoms with E-state index >= 15 is 0 Å². The van der Waals surface area contributed by atoms with Crippen molar-refractivity contribution in [3.8, 4) is 0 Å². The van der Waals surface area contributed by atoms with Gasteiger partial charge in [0, 0.05) is 12.1 Å². The molecule has 0 aliphatic heterocycles. The van der Waals surface area contributed by atoms with Gasteiger partial charge in [0.25, 0.3) is 5.78 Å². The third-order valence-electron chi connectivity index (χ3n) is 2.70. The molecule has 6 heteroatoms. The first-order valence-corrected chi connectivity index (χ1v) is 6.25. The molecule has 2 aromatic rings. The number of anilines is 1. The fourth-order valence-corrected chi connectivity index (χ4v) is 2.00. The van der Waals surface area contributed by atoms with Crippen molar-refractivity contribution in [2.75, 3.05) is 5.32 Å². The zero-order valence-corrected chi connectivity index (χ0v) is 10.8. The average Bonchev–Trinajstić information content (AvgIpc) is 2.76. The Balaban J connectivity index is 2.30. The molecule has 2 heterocycles. The van der Waals surface area contributed by atoms with Crippen molar-refractivity contribution in [3.05, 3.63) is 17.5 Å². The zero-order chi connectivity index (χ0) is 12.3. The number of aromatic nitrogens is 4. The van der Waals surface area contributed by atoms with Crippen LogP contribution in [0.2, 0.25) is 5.15 Å². The molecule has 0 radical (unpaired) electrons. The molecule has 0 bridgehead atoms. The molecule has 92 valence electrons. The van der Waals surface area contributed by atoms with Crippen LogP contribution < -0.4 is 5.32 Å². The van der Waals surface area contributed by atoms with Crippen molar-refractivity contribution in [2.45, 2.75) is 39.2 Å². The first-order chi connectivity index (χ1) is 8.24. The quantitative estimate of drug-likeness (QED) is 0.833. The smallest absolute Gasteiger partial charge is 0.255 e. The number of fused-ring (bicyclic) bond motifs is 1. The molecular weight excluding hydrogens is 238 g/mol. The van der Waals surface area contributed by atoms with Crippen molar-refractivity contribution in [2.24, 2.45) is 0 Å². The maximum Gasteiger partial charge on any atom is 0.255 e. The van der Waals surface area contributed by atoms with E-state index in [0.29, 0.717) is 17.0 Å². The van der Waals surface area contributed by atoms with E-state index in [4.69, 9.17) is 11.6 Å². The summed E-state index contributed by atoms with van der Waals surface area (Å²) >= 11 is 5.95. The van der Waals surface area contributed by atoms with Crippen LogP contribution in [0.25, 0.3) is 5.78 Å². The van der Waals surface area contributed by atoms with Gasteiger partial charge in [0.2, 0.25) is 0 Å². The summed E-state index contributed by atoms with van der Waals surface area (Å²) < 4.78 is 1.67. The molecule has 0 saturated carbocycles. The number of rotatable bonds is 5. The summed E-state index contributed by atoms with van der Waals surface area (Å²) in [6, 6.07) is 2.20. The Morgan fingerprint density at radius 1 is 1.47 bits per heavy atom. The topological polar surface area (TPSA) is 55.1 Å². The molecular formula is C11H16ClN5. The summed E-state index contributed by atoms with van der Waals surface area (Å²) in [5.74, 6) is 1.36. The summed E-state index contributed by atoms with van der Waals surface area (Å²) in [5, 5.41) is 7.99. The largest absolute Gasteiger partial charge is 0.367 e. The molecule has 0 aliphatic carbocycles. The molecule has 0 aliphatic rings. The van der Waals surface area contributed by atoms with Crippen molar-refractivity contribution in [1.82, 2.24) is 19.6 Å². The monoisotopic (exact) mass is 253 g/mol. The fraction of sp³-hybridized carbons (Fsp3) is 0.545. The number of nitrogens with zero attached hydrogens (tertiary/aromatic N) is 4. The predicted octanol–water partition coefficient (Wildman–Crippen LogP) is 2.77. The Kier molecular flexibility index (Phi) is 3.78. The van der Waals surface area contributed by atoms with Crippen molar-refractivity contribution in [1.29, 1.82) is 0 Å². The summed E-state index contributed by atoms with van der Waals surface area (Å²) in [6.45, 7) is 4.34.